The number of halogens is 2. The van der Waals surface area contributed by atoms with E-state index >= 15 is 0 Å². The van der Waals surface area contributed by atoms with Gasteiger partial charge < -0.3 is 14.8 Å². The van der Waals surface area contributed by atoms with Crippen LogP contribution in [0.3, 0.4) is 0 Å². The standard InChI is InChI=1S/C16H15BrFNO2/c17-14-4-2-12(18)8-11(14)10-19-13-3-5-15-16(9-13)21-7-1-6-20-15/h2-5,8-9,19H,1,6-7,10H2. The number of hydrogen-bond acceptors (Lipinski definition) is 3. The molecular formula is C16H15BrFNO2. The molecule has 5 heteroatoms. The highest BCUT2D eigenvalue weighted by molar-refractivity contribution is 9.10. The maximum atomic E-state index is 13.3. The number of hydrogen-bond donors (Lipinski definition) is 1. The van der Waals surface area contributed by atoms with E-state index in [2.05, 4.69) is 21.2 Å². The van der Waals surface area contributed by atoms with Crippen LogP contribution in [0.1, 0.15) is 12.0 Å². The molecule has 0 radical (unpaired) electrons. The van der Waals surface area contributed by atoms with Crippen molar-refractivity contribution in [1.82, 2.24) is 0 Å². The molecule has 2 aromatic carbocycles. The predicted molar refractivity (Wildman–Crippen MR) is 83.5 cm³/mol. The van der Waals surface area contributed by atoms with E-state index in [0.29, 0.717) is 19.8 Å². The van der Waals surface area contributed by atoms with Crippen molar-refractivity contribution < 1.29 is 13.9 Å². The third-order valence-corrected chi connectivity index (χ3v) is 4.01. The topological polar surface area (TPSA) is 30.5 Å². The third-order valence-electron chi connectivity index (χ3n) is 3.24. The molecule has 0 saturated heterocycles. The summed E-state index contributed by atoms with van der Waals surface area (Å²) >= 11 is 3.42. The molecule has 1 N–H and O–H groups in total. The number of nitrogens with one attached hydrogen (secondary N) is 1. The molecule has 0 unspecified atom stereocenters. The molecule has 0 fully saturated rings. The first-order chi connectivity index (χ1) is 10.2. The summed E-state index contributed by atoms with van der Waals surface area (Å²) in [6.45, 7) is 1.86. The van der Waals surface area contributed by atoms with E-state index in [1.54, 1.807) is 6.07 Å². The average Bonchev–Trinajstić information content (AvgIpc) is 2.73. The van der Waals surface area contributed by atoms with Gasteiger partial charge in [-0.2, -0.15) is 0 Å². The van der Waals surface area contributed by atoms with Crippen LogP contribution in [0.25, 0.3) is 0 Å². The zero-order valence-electron chi connectivity index (χ0n) is 11.4. The molecule has 0 spiro atoms. The molecule has 0 atom stereocenters. The minimum Gasteiger partial charge on any atom is -0.490 e. The lowest BCUT2D eigenvalue weighted by Gasteiger charge is -2.12. The van der Waals surface area contributed by atoms with E-state index in [9.17, 15) is 4.39 Å². The van der Waals surface area contributed by atoms with Crippen LogP contribution in [0.5, 0.6) is 11.5 Å². The fourth-order valence-corrected chi connectivity index (χ4v) is 2.54. The van der Waals surface area contributed by atoms with Crippen molar-refractivity contribution in [2.24, 2.45) is 0 Å². The van der Waals surface area contributed by atoms with Gasteiger partial charge in [-0.3, -0.25) is 0 Å². The van der Waals surface area contributed by atoms with Gasteiger partial charge in [-0.1, -0.05) is 15.9 Å². The fraction of sp³-hybridized carbons (Fsp3) is 0.250. The van der Waals surface area contributed by atoms with Gasteiger partial charge in [-0.25, -0.2) is 4.39 Å². The summed E-state index contributed by atoms with van der Waals surface area (Å²) in [4.78, 5) is 0. The highest BCUT2D eigenvalue weighted by atomic mass is 79.9. The van der Waals surface area contributed by atoms with Crippen LogP contribution in [-0.2, 0) is 6.54 Å². The Hall–Kier alpha value is -1.75. The molecule has 3 nitrogen and oxygen atoms in total. The molecule has 1 heterocycles. The number of fused-ring (bicyclic) bond motifs is 1. The number of anilines is 1. The van der Waals surface area contributed by atoms with E-state index in [4.69, 9.17) is 9.47 Å². The molecule has 3 rings (SSSR count). The van der Waals surface area contributed by atoms with E-state index in [1.807, 2.05) is 18.2 Å². The molecule has 0 aliphatic carbocycles. The smallest absolute Gasteiger partial charge is 0.163 e. The minimum atomic E-state index is -0.242. The molecule has 21 heavy (non-hydrogen) atoms. The number of ether oxygens (including phenoxy) is 2. The zero-order chi connectivity index (χ0) is 14.7. The lowest BCUT2D eigenvalue weighted by atomic mass is 10.2. The van der Waals surface area contributed by atoms with Crippen LogP contribution in [-0.4, -0.2) is 13.2 Å². The van der Waals surface area contributed by atoms with E-state index in [1.165, 1.54) is 12.1 Å². The summed E-state index contributed by atoms with van der Waals surface area (Å²) in [6.07, 6.45) is 0.883. The van der Waals surface area contributed by atoms with Gasteiger partial charge in [0.1, 0.15) is 5.82 Å². The van der Waals surface area contributed by atoms with Crippen molar-refractivity contribution in [2.45, 2.75) is 13.0 Å². The first-order valence-electron chi connectivity index (χ1n) is 6.80. The molecule has 1 aliphatic heterocycles. The summed E-state index contributed by atoms with van der Waals surface area (Å²) in [5.74, 6) is 1.27. The number of benzene rings is 2. The van der Waals surface area contributed by atoms with Gasteiger partial charge in [0.15, 0.2) is 11.5 Å². The molecule has 0 saturated carbocycles. The molecule has 1 aliphatic rings. The van der Waals surface area contributed by atoms with Crippen LogP contribution in [0.15, 0.2) is 40.9 Å². The molecule has 0 aromatic heterocycles. The van der Waals surface area contributed by atoms with Crippen molar-refractivity contribution in [3.8, 4) is 11.5 Å². The highest BCUT2D eigenvalue weighted by Gasteiger charge is 2.10. The maximum absolute atomic E-state index is 13.3. The Morgan fingerprint density at radius 3 is 2.71 bits per heavy atom. The number of rotatable bonds is 3. The fourth-order valence-electron chi connectivity index (χ4n) is 2.15. The molecule has 0 bridgehead atoms. The van der Waals surface area contributed by atoms with Gasteiger partial charge in [0.2, 0.25) is 0 Å². The minimum absolute atomic E-state index is 0.242. The summed E-state index contributed by atoms with van der Waals surface area (Å²) in [5.41, 5.74) is 1.78. The Balaban J connectivity index is 1.73. The van der Waals surface area contributed by atoms with Crippen LogP contribution in [0.4, 0.5) is 10.1 Å². The maximum Gasteiger partial charge on any atom is 0.163 e. The molecule has 2 aromatic rings. The van der Waals surface area contributed by atoms with Crippen molar-refractivity contribution in [3.05, 3.63) is 52.3 Å². The first kappa shape index (κ1) is 14.2. The quantitative estimate of drug-likeness (QED) is 0.890. The van der Waals surface area contributed by atoms with Gasteiger partial charge in [-0.15, -0.1) is 0 Å². The molecule has 0 amide bonds. The average molecular weight is 352 g/mol. The van der Waals surface area contributed by atoms with E-state index in [0.717, 1.165) is 33.6 Å². The lowest BCUT2D eigenvalue weighted by Crippen LogP contribution is -2.01. The second-order valence-electron chi connectivity index (χ2n) is 4.80. The highest BCUT2D eigenvalue weighted by Crippen LogP contribution is 2.32. The Morgan fingerprint density at radius 2 is 1.86 bits per heavy atom. The van der Waals surface area contributed by atoms with Gasteiger partial charge >= 0.3 is 0 Å². The van der Waals surface area contributed by atoms with Crippen LogP contribution in [0, 0.1) is 5.82 Å². The summed E-state index contributed by atoms with van der Waals surface area (Å²) < 4.78 is 25.4. The first-order valence-corrected chi connectivity index (χ1v) is 7.59. The van der Waals surface area contributed by atoms with E-state index < -0.39 is 0 Å². The van der Waals surface area contributed by atoms with Crippen LogP contribution in [0.2, 0.25) is 0 Å². The monoisotopic (exact) mass is 351 g/mol. The largest absolute Gasteiger partial charge is 0.490 e. The Bertz CT molecular complexity index is 648. The van der Waals surface area contributed by atoms with Gasteiger partial charge in [0, 0.05) is 29.2 Å². The second-order valence-corrected chi connectivity index (χ2v) is 5.66. The van der Waals surface area contributed by atoms with Crippen molar-refractivity contribution in [3.63, 3.8) is 0 Å². The second kappa shape index (κ2) is 6.35. The van der Waals surface area contributed by atoms with Crippen LogP contribution >= 0.6 is 15.9 Å². The Morgan fingerprint density at radius 1 is 1.05 bits per heavy atom. The Labute approximate surface area is 131 Å². The summed E-state index contributed by atoms with van der Waals surface area (Å²) in [5, 5.41) is 3.27. The third kappa shape index (κ3) is 3.47. The summed E-state index contributed by atoms with van der Waals surface area (Å²) in [7, 11) is 0. The van der Waals surface area contributed by atoms with E-state index in [-0.39, 0.29) is 5.82 Å². The summed E-state index contributed by atoms with van der Waals surface area (Å²) in [6, 6.07) is 10.4. The molecule has 110 valence electrons. The van der Waals surface area contributed by atoms with Crippen molar-refractivity contribution >= 4 is 21.6 Å². The Kier molecular flexibility index (Phi) is 4.29. The lowest BCUT2D eigenvalue weighted by molar-refractivity contribution is 0.297. The van der Waals surface area contributed by atoms with Crippen molar-refractivity contribution in [2.75, 3.05) is 18.5 Å². The predicted octanol–water partition coefficient (Wildman–Crippen LogP) is 4.36. The van der Waals surface area contributed by atoms with Gasteiger partial charge in [0.05, 0.1) is 13.2 Å². The van der Waals surface area contributed by atoms with Crippen LogP contribution < -0.4 is 14.8 Å². The zero-order valence-corrected chi connectivity index (χ0v) is 13.0. The van der Waals surface area contributed by atoms with Crippen molar-refractivity contribution in [1.29, 1.82) is 0 Å². The SMILES string of the molecule is Fc1ccc(Br)c(CNc2ccc3c(c2)OCCCO3)c1. The molecular weight excluding hydrogens is 337 g/mol. The van der Waals surface area contributed by atoms with Gasteiger partial charge in [-0.05, 0) is 35.9 Å². The van der Waals surface area contributed by atoms with Gasteiger partial charge in [0.25, 0.3) is 0 Å². The normalized spacial score (nSPS) is 13.6.